The molecule has 0 atom stereocenters. The largest absolute Gasteiger partial charge is 0.465 e. The molecule has 0 saturated heterocycles. The van der Waals surface area contributed by atoms with Crippen LogP contribution in [0.25, 0.3) is 6.08 Å². The van der Waals surface area contributed by atoms with E-state index in [0.29, 0.717) is 5.56 Å². The first-order valence-electron chi connectivity index (χ1n) is 5.13. The number of hydrogen-bond donors (Lipinski definition) is 0. The minimum absolute atomic E-state index is 0.293. The number of carbonyl (C=O) groups excluding carboxylic acids is 1. The fourth-order valence-corrected chi connectivity index (χ4v) is 1.23. The molecule has 0 amide bonds. The highest BCUT2D eigenvalue weighted by molar-refractivity contribution is 5.89. The molecule has 0 radical (unpaired) electrons. The molecular weight excluding hydrogens is 188 g/mol. The maximum absolute atomic E-state index is 11.1. The molecule has 0 saturated carbocycles. The van der Waals surface area contributed by atoms with E-state index in [1.807, 2.05) is 12.1 Å². The first-order chi connectivity index (χ1) is 7.27. The summed E-state index contributed by atoms with van der Waals surface area (Å²) >= 11 is 0. The average Bonchev–Trinajstić information content (AvgIpc) is 2.29. The van der Waals surface area contributed by atoms with Gasteiger partial charge in [0.05, 0.1) is 12.7 Å². The van der Waals surface area contributed by atoms with E-state index in [2.05, 4.69) is 23.8 Å². The van der Waals surface area contributed by atoms with Crippen LogP contribution in [0.4, 0.5) is 0 Å². The average molecular weight is 204 g/mol. The molecule has 2 heteroatoms. The van der Waals surface area contributed by atoms with Gasteiger partial charge in [0.2, 0.25) is 0 Å². The predicted octanol–water partition coefficient (Wildman–Crippen LogP) is 3.29. The van der Waals surface area contributed by atoms with Crippen molar-refractivity contribution in [3.63, 3.8) is 0 Å². The minimum atomic E-state index is -0.293. The molecule has 0 bridgehead atoms. The molecule has 0 aliphatic carbocycles. The second kappa shape index (κ2) is 6.02. The van der Waals surface area contributed by atoms with Crippen molar-refractivity contribution in [2.75, 3.05) is 7.11 Å². The third-order valence-electron chi connectivity index (χ3n) is 2.10. The van der Waals surface area contributed by atoms with Crippen LogP contribution in [0.2, 0.25) is 0 Å². The Hall–Kier alpha value is -1.57. The Morgan fingerprint density at radius 1 is 1.33 bits per heavy atom. The number of allylic oxidation sites excluding steroid dienone is 1. The Kier molecular flexibility index (Phi) is 4.61. The molecule has 1 rings (SSSR count). The molecule has 0 aliphatic heterocycles. The second-order valence-corrected chi connectivity index (χ2v) is 3.30. The van der Waals surface area contributed by atoms with Crippen LogP contribution in [-0.2, 0) is 4.74 Å². The molecule has 0 aromatic heterocycles. The summed E-state index contributed by atoms with van der Waals surface area (Å²) in [5.74, 6) is -0.293. The first kappa shape index (κ1) is 11.5. The van der Waals surface area contributed by atoms with Crippen molar-refractivity contribution in [3.05, 3.63) is 41.5 Å². The van der Waals surface area contributed by atoms with Gasteiger partial charge < -0.3 is 4.74 Å². The zero-order valence-electron chi connectivity index (χ0n) is 9.19. The number of unbranched alkanes of at least 4 members (excludes halogenated alkanes) is 1. The summed E-state index contributed by atoms with van der Waals surface area (Å²) in [6.45, 7) is 2.14. The number of methoxy groups -OCH3 is 1. The Labute approximate surface area is 90.6 Å². The fraction of sp³-hybridized carbons (Fsp3) is 0.308. The summed E-state index contributed by atoms with van der Waals surface area (Å²) in [4.78, 5) is 11.1. The van der Waals surface area contributed by atoms with Crippen LogP contribution in [0.1, 0.15) is 35.7 Å². The van der Waals surface area contributed by atoms with Gasteiger partial charge in [-0.3, -0.25) is 0 Å². The van der Waals surface area contributed by atoms with Gasteiger partial charge in [0, 0.05) is 0 Å². The van der Waals surface area contributed by atoms with Crippen molar-refractivity contribution in [2.24, 2.45) is 0 Å². The van der Waals surface area contributed by atoms with E-state index in [-0.39, 0.29) is 5.97 Å². The molecule has 0 unspecified atom stereocenters. The number of hydrogen-bond acceptors (Lipinski definition) is 2. The van der Waals surface area contributed by atoms with E-state index in [0.717, 1.165) is 18.4 Å². The van der Waals surface area contributed by atoms with Gasteiger partial charge in [-0.15, -0.1) is 0 Å². The highest BCUT2D eigenvalue weighted by Gasteiger charge is 2.02. The van der Waals surface area contributed by atoms with Crippen LogP contribution < -0.4 is 0 Å². The second-order valence-electron chi connectivity index (χ2n) is 3.30. The number of rotatable bonds is 4. The zero-order valence-corrected chi connectivity index (χ0v) is 9.19. The number of benzene rings is 1. The van der Waals surface area contributed by atoms with Crippen molar-refractivity contribution in [2.45, 2.75) is 19.8 Å². The summed E-state index contributed by atoms with van der Waals surface area (Å²) in [6.07, 6.45) is 6.42. The van der Waals surface area contributed by atoms with E-state index in [1.54, 1.807) is 12.1 Å². The van der Waals surface area contributed by atoms with Crippen LogP contribution in [0, 0.1) is 0 Å². The van der Waals surface area contributed by atoms with Crippen LogP contribution in [0.3, 0.4) is 0 Å². The molecule has 80 valence electrons. The number of carbonyl (C=O) groups is 1. The van der Waals surface area contributed by atoms with Gasteiger partial charge in [0.1, 0.15) is 0 Å². The standard InChI is InChI=1S/C13H16O2/c1-3-4-5-6-11-7-9-12(10-8-11)13(14)15-2/h5-10H,3-4H2,1-2H3. The van der Waals surface area contributed by atoms with Crippen molar-refractivity contribution in [3.8, 4) is 0 Å². The molecule has 1 aromatic carbocycles. The minimum Gasteiger partial charge on any atom is -0.465 e. The van der Waals surface area contributed by atoms with Gasteiger partial charge in [-0.05, 0) is 24.1 Å². The smallest absolute Gasteiger partial charge is 0.337 e. The van der Waals surface area contributed by atoms with Crippen LogP contribution in [-0.4, -0.2) is 13.1 Å². The molecule has 15 heavy (non-hydrogen) atoms. The van der Waals surface area contributed by atoms with Gasteiger partial charge in [-0.25, -0.2) is 4.79 Å². The molecule has 0 heterocycles. The third-order valence-corrected chi connectivity index (χ3v) is 2.10. The van der Waals surface area contributed by atoms with Gasteiger partial charge in [0.25, 0.3) is 0 Å². The predicted molar refractivity (Wildman–Crippen MR) is 61.7 cm³/mol. The molecule has 0 N–H and O–H groups in total. The van der Waals surface area contributed by atoms with Crippen LogP contribution in [0.15, 0.2) is 30.3 Å². The summed E-state index contributed by atoms with van der Waals surface area (Å²) in [5.41, 5.74) is 1.70. The molecule has 0 fully saturated rings. The summed E-state index contributed by atoms with van der Waals surface area (Å²) in [6, 6.07) is 7.38. The molecule has 2 nitrogen and oxygen atoms in total. The van der Waals surface area contributed by atoms with Crippen molar-refractivity contribution < 1.29 is 9.53 Å². The van der Waals surface area contributed by atoms with E-state index >= 15 is 0 Å². The zero-order chi connectivity index (χ0) is 11.1. The maximum atomic E-state index is 11.1. The first-order valence-corrected chi connectivity index (χ1v) is 5.13. The van der Waals surface area contributed by atoms with Crippen LogP contribution >= 0.6 is 0 Å². The SMILES string of the molecule is CCCC=Cc1ccc(C(=O)OC)cc1. The van der Waals surface area contributed by atoms with Crippen molar-refractivity contribution >= 4 is 12.0 Å². The van der Waals surface area contributed by atoms with Crippen LogP contribution in [0.5, 0.6) is 0 Å². The Bertz CT molecular complexity index is 336. The normalized spacial score (nSPS) is 10.5. The van der Waals surface area contributed by atoms with Gasteiger partial charge >= 0.3 is 5.97 Å². The molecule has 0 aliphatic rings. The summed E-state index contributed by atoms with van der Waals surface area (Å²) < 4.78 is 4.62. The van der Waals surface area contributed by atoms with E-state index in [1.165, 1.54) is 7.11 Å². The molecular formula is C13H16O2. The van der Waals surface area contributed by atoms with E-state index < -0.39 is 0 Å². The fourth-order valence-electron chi connectivity index (χ4n) is 1.23. The highest BCUT2D eigenvalue weighted by Crippen LogP contribution is 2.08. The lowest BCUT2D eigenvalue weighted by Crippen LogP contribution is -2.00. The maximum Gasteiger partial charge on any atom is 0.337 e. The summed E-state index contributed by atoms with van der Waals surface area (Å²) in [5, 5.41) is 0. The quantitative estimate of drug-likeness (QED) is 0.703. The van der Waals surface area contributed by atoms with Crippen molar-refractivity contribution in [1.29, 1.82) is 0 Å². The van der Waals surface area contributed by atoms with Gasteiger partial charge in [0.15, 0.2) is 0 Å². The third kappa shape index (κ3) is 3.58. The summed E-state index contributed by atoms with van der Waals surface area (Å²) in [7, 11) is 1.39. The van der Waals surface area contributed by atoms with E-state index in [4.69, 9.17) is 0 Å². The molecule has 1 aromatic rings. The van der Waals surface area contributed by atoms with Crippen molar-refractivity contribution in [1.82, 2.24) is 0 Å². The number of esters is 1. The lowest BCUT2D eigenvalue weighted by atomic mass is 10.1. The van der Waals surface area contributed by atoms with Gasteiger partial charge in [-0.2, -0.15) is 0 Å². The number of ether oxygens (including phenoxy) is 1. The Balaban J connectivity index is 2.68. The van der Waals surface area contributed by atoms with Gasteiger partial charge in [-0.1, -0.05) is 37.6 Å². The topological polar surface area (TPSA) is 26.3 Å². The lowest BCUT2D eigenvalue weighted by molar-refractivity contribution is 0.0601. The monoisotopic (exact) mass is 204 g/mol. The van der Waals surface area contributed by atoms with E-state index in [9.17, 15) is 4.79 Å². The molecule has 0 spiro atoms. The Morgan fingerprint density at radius 2 is 2.00 bits per heavy atom. The highest BCUT2D eigenvalue weighted by atomic mass is 16.5. The lowest BCUT2D eigenvalue weighted by Gasteiger charge is -1.99. The Morgan fingerprint density at radius 3 is 2.53 bits per heavy atom.